The van der Waals surface area contributed by atoms with E-state index in [1.54, 1.807) is 0 Å². The van der Waals surface area contributed by atoms with Gasteiger partial charge in [-0.3, -0.25) is 4.79 Å². The van der Waals surface area contributed by atoms with Crippen molar-refractivity contribution in [3.8, 4) is 0 Å². The molecule has 6 heteroatoms. The molecule has 0 saturated carbocycles. The second-order valence-corrected chi connectivity index (χ2v) is 8.86. The van der Waals surface area contributed by atoms with E-state index in [2.05, 4.69) is 21.6 Å². The standard InChI is InChI=1S/C20H21N3OS2/c1-12-6-5-7-17(10-12)21-19-22-23-20(26-19)25-15(4)18(24)16-9-8-13(2)14(3)11-16/h5-11,15H,1-4H3,(H,21,22)/t15-/m1/s1. The van der Waals surface area contributed by atoms with Gasteiger partial charge in [0.15, 0.2) is 10.1 Å². The number of carbonyl (C=O) groups is 1. The average Bonchev–Trinajstić information content (AvgIpc) is 3.03. The Bertz CT molecular complexity index is 936. The number of carbonyl (C=O) groups excluding carboxylic acids is 1. The van der Waals surface area contributed by atoms with Crippen molar-refractivity contribution >= 4 is 39.7 Å². The van der Waals surface area contributed by atoms with Crippen LogP contribution in [0.4, 0.5) is 10.8 Å². The lowest BCUT2D eigenvalue weighted by molar-refractivity contribution is 0.0994. The van der Waals surface area contributed by atoms with E-state index >= 15 is 0 Å². The minimum Gasteiger partial charge on any atom is -0.330 e. The SMILES string of the molecule is Cc1cccc(Nc2nnc(S[C@H](C)C(=O)c3ccc(C)c(C)c3)s2)c1. The second kappa shape index (κ2) is 8.01. The lowest BCUT2D eigenvalue weighted by Gasteiger charge is -2.09. The molecule has 1 atom stereocenters. The Morgan fingerprint density at radius 2 is 1.88 bits per heavy atom. The lowest BCUT2D eigenvalue weighted by atomic mass is 10.0. The van der Waals surface area contributed by atoms with Gasteiger partial charge in [-0.15, -0.1) is 10.2 Å². The normalized spacial score (nSPS) is 12.0. The predicted octanol–water partition coefficient (Wildman–Crippen LogP) is 5.57. The molecule has 134 valence electrons. The summed E-state index contributed by atoms with van der Waals surface area (Å²) in [6.07, 6.45) is 0. The third-order valence-corrected chi connectivity index (χ3v) is 6.14. The van der Waals surface area contributed by atoms with Crippen LogP contribution in [0.1, 0.15) is 34.0 Å². The van der Waals surface area contributed by atoms with Crippen LogP contribution >= 0.6 is 23.1 Å². The molecule has 0 bridgehead atoms. The average molecular weight is 384 g/mol. The first kappa shape index (κ1) is 18.6. The summed E-state index contributed by atoms with van der Waals surface area (Å²) in [5.74, 6) is 0.112. The highest BCUT2D eigenvalue weighted by Crippen LogP contribution is 2.32. The van der Waals surface area contributed by atoms with Crippen LogP contribution in [0.2, 0.25) is 0 Å². The zero-order valence-corrected chi connectivity index (χ0v) is 16.9. The molecule has 1 N–H and O–H groups in total. The van der Waals surface area contributed by atoms with E-state index in [1.165, 1.54) is 34.2 Å². The van der Waals surface area contributed by atoms with Crippen LogP contribution in [-0.2, 0) is 0 Å². The molecule has 0 unspecified atom stereocenters. The zero-order chi connectivity index (χ0) is 18.7. The van der Waals surface area contributed by atoms with Crippen molar-refractivity contribution in [2.24, 2.45) is 0 Å². The van der Waals surface area contributed by atoms with Gasteiger partial charge in [0.2, 0.25) is 5.13 Å². The number of hydrogen-bond acceptors (Lipinski definition) is 6. The Morgan fingerprint density at radius 3 is 2.62 bits per heavy atom. The van der Waals surface area contributed by atoms with E-state index in [0.717, 1.165) is 26.3 Å². The summed E-state index contributed by atoms with van der Waals surface area (Å²) in [7, 11) is 0. The van der Waals surface area contributed by atoms with Crippen LogP contribution in [0.25, 0.3) is 0 Å². The number of hydrogen-bond donors (Lipinski definition) is 1. The van der Waals surface area contributed by atoms with Crippen molar-refractivity contribution in [2.45, 2.75) is 37.3 Å². The predicted molar refractivity (Wildman–Crippen MR) is 110 cm³/mol. The summed E-state index contributed by atoms with van der Waals surface area (Å²) < 4.78 is 0.782. The van der Waals surface area contributed by atoms with Crippen LogP contribution < -0.4 is 5.32 Å². The van der Waals surface area contributed by atoms with Crippen LogP contribution in [0.5, 0.6) is 0 Å². The summed E-state index contributed by atoms with van der Waals surface area (Å²) in [6.45, 7) is 8.04. The molecule has 0 aliphatic rings. The summed E-state index contributed by atoms with van der Waals surface area (Å²) in [6, 6.07) is 13.9. The Balaban J connectivity index is 1.66. The Labute approximate surface area is 162 Å². The van der Waals surface area contributed by atoms with Crippen LogP contribution in [0, 0.1) is 20.8 Å². The van der Waals surface area contributed by atoms with E-state index in [-0.39, 0.29) is 11.0 Å². The third kappa shape index (κ3) is 4.51. The molecular formula is C20H21N3OS2. The molecule has 2 aromatic carbocycles. The zero-order valence-electron chi connectivity index (χ0n) is 15.2. The first-order chi connectivity index (χ1) is 12.4. The fraction of sp³-hybridized carbons (Fsp3) is 0.250. The molecule has 4 nitrogen and oxygen atoms in total. The summed E-state index contributed by atoms with van der Waals surface area (Å²) in [5.41, 5.74) is 5.24. The number of benzene rings is 2. The first-order valence-electron chi connectivity index (χ1n) is 8.37. The van der Waals surface area contributed by atoms with Crippen molar-refractivity contribution in [3.05, 3.63) is 64.7 Å². The maximum Gasteiger partial charge on any atom is 0.210 e. The van der Waals surface area contributed by atoms with Gasteiger partial charge in [0.05, 0.1) is 5.25 Å². The molecule has 1 aromatic heterocycles. The smallest absolute Gasteiger partial charge is 0.210 e. The van der Waals surface area contributed by atoms with Gasteiger partial charge in [-0.2, -0.15) is 0 Å². The fourth-order valence-electron chi connectivity index (χ4n) is 2.49. The highest BCUT2D eigenvalue weighted by Gasteiger charge is 2.19. The quantitative estimate of drug-likeness (QED) is 0.445. The number of aromatic nitrogens is 2. The van der Waals surface area contributed by atoms with Crippen molar-refractivity contribution < 1.29 is 4.79 Å². The van der Waals surface area contributed by atoms with Gasteiger partial charge < -0.3 is 5.32 Å². The van der Waals surface area contributed by atoms with Crippen LogP contribution in [0.3, 0.4) is 0 Å². The largest absolute Gasteiger partial charge is 0.330 e. The van der Waals surface area contributed by atoms with E-state index < -0.39 is 0 Å². The first-order valence-corrected chi connectivity index (χ1v) is 10.1. The fourth-order valence-corrected chi connectivity index (χ4v) is 4.48. The molecule has 0 saturated heterocycles. The van der Waals surface area contributed by atoms with Crippen LogP contribution in [-0.4, -0.2) is 21.2 Å². The minimum atomic E-state index is -0.211. The van der Waals surface area contributed by atoms with Gasteiger partial charge in [-0.05, 0) is 62.6 Å². The highest BCUT2D eigenvalue weighted by atomic mass is 32.2. The molecular weight excluding hydrogens is 362 g/mol. The van der Waals surface area contributed by atoms with Gasteiger partial charge in [0.25, 0.3) is 0 Å². The highest BCUT2D eigenvalue weighted by molar-refractivity contribution is 8.02. The van der Waals surface area contributed by atoms with E-state index in [0.29, 0.717) is 0 Å². The van der Waals surface area contributed by atoms with Gasteiger partial charge in [0, 0.05) is 11.3 Å². The van der Waals surface area contributed by atoms with E-state index in [1.807, 2.05) is 64.1 Å². The summed E-state index contributed by atoms with van der Waals surface area (Å²) in [5, 5.41) is 12.2. The number of nitrogens with zero attached hydrogens (tertiary/aromatic N) is 2. The van der Waals surface area contributed by atoms with Gasteiger partial charge in [-0.1, -0.05) is 47.4 Å². The van der Waals surface area contributed by atoms with E-state index in [4.69, 9.17) is 0 Å². The second-order valence-electron chi connectivity index (χ2n) is 6.29. The number of aryl methyl sites for hydroxylation is 3. The maximum absolute atomic E-state index is 12.7. The molecule has 0 amide bonds. The molecule has 0 fully saturated rings. The molecule has 26 heavy (non-hydrogen) atoms. The molecule has 3 rings (SSSR count). The topological polar surface area (TPSA) is 54.9 Å². The summed E-state index contributed by atoms with van der Waals surface area (Å²) >= 11 is 2.90. The molecule has 3 aromatic rings. The summed E-state index contributed by atoms with van der Waals surface area (Å²) in [4.78, 5) is 12.7. The maximum atomic E-state index is 12.7. The molecule has 0 spiro atoms. The Kier molecular flexibility index (Phi) is 5.74. The Morgan fingerprint density at radius 1 is 1.08 bits per heavy atom. The van der Waals surface area contributed by atoms with Crippen molar-refractivity contribution in [2.75, 3.05) is 5.32 Å². The third-order valence-electron chi connectivity index (χ3n) is 4.11. The molecule has 1 heterocycles. The number of ketones is 1. The molecule has 0 aliphatic heterocycles. The lowest BCUT2D eigenvalue weighted by Crippen LogP contribution is -2.13. The van der Waals surface area contributed by atoms with Gasteiger partial charge in [-0.25, -0.2) is 0 Å². The van der Waals surface area contributed by atoms with Gasteiger partial charge >= 0.3 is 0 Å². The van der Waals surface area contributed by atoms with Gasteiger partial charge in [0.1, 0.15) is 0 Å². The van der Waals surface area contributed by atoms with Crippen molar-refractivity contribution in [1.82, 2.24) is 10.2 Å². The number of anilines is 2. The molecule has 0 radical (unpaired) electrons. The van der Waals surface area contributed by atoms with Crippen molar-refractivity contribution in [3.63, 3.8) is 0 Å². The number of nitrogens with one attached hydrogen (secondary N) is 1. The number of thioether (sulfide) groups is 1. The minimum absolute atomic E-state index is 0.112. The molecule has 0 aliphatic carbocycles. The van der Waals surface area contributed by atoms with Crippen molar-refractivity contribution in [1.29, 1.82) is 0 Å². The number of rotatable bonds is 6. The van der Waals surface area contributed by atoms with E-state index in [9.17, 15) is 4.79 Å². The number of Topliss-reactive ketones (excluding diaryl/α,β-unsaturated/α-hetero) is 1. The van der Waals surface area contributed by atoms with Crippen LogP contribution in [0.15, 0.2) is 46.8 Å². The monoisotopic (exact) mass is 383 g/mol. The Hall–Kier alpha value is -2.18.